The zero-order valence-electron chi connectivity index (χ0n) is 11.7. The third kappa shape index (κ3) is 3.01. The molecule has 0 saturated carbocycles. The Hall–Kier alpha value is -1.27. The molecule has 19 heavy (non-hydrogen) atoms. The van der Waals surface area contributed by atoms with E-state index < -0.39 is 0 Å². The quantitative estimate of drug-likeness (QED) is 0.910. The lowest BCUT2D eigenvalue weighted by Gasteiger charge is -2.15. The van der Waals surface area contributed by atoms with Crippen LogP contribution in [0.25, 0.3) is 0 Å². The zero-order chi connectivity index (χ0) is 14.0. The van der Waals surface area contributed by atoms with Crippen LogP contribution in [-0.2, 0) is 4.74 Å². The Bertz CT molecular complexity index is 459. The fourth-order valence-electron chi connectivity index (χ4n) is 2.32. The molecule has 5 nitrogen and oxygen atoms in total. The topological polar surface area (TPSA) is 58.8 Å². The summed E-state index contributed by atoms with van der Waals surface area (Å²) in [6.45, 7) is 2.77. The maximum Gasteiger partial charge on any atom is 0.265 e. The van der Waals surface area contributed by atoms with Crippen molar-refractivity contribution >= 4 is 27.9 Å². The van der Waals surface area contributed by atoms with Gasteiger partial charge < -0.3 is 20.3 Å². The Morgan fingerprint density at radius 1 is 1.63 bits per heavy atom. The second-order valence-corrected chi connectivity index (χ2v) is 6.16. The molecule has 1 aliphatic rings. The minimum absolute atomic E-state index is 0.0265. The van der Waals surface area contributed by atoms with E-state index in [1.54, 1.807) is 26.1 Å². The lowest BCUT2D eigenvalue weighted by Crippen LogP contribution is -2.21. The van der Waals surface area contributed by atoms with Crippen LogP contribution in [0.3, 0.4) is 0 Å². The third-order valence-electron chi connectivity index (χ3n) is 3.35. The Morgan fingerprint density at radius 3 is 3.00 bits per heavy atom. The summed E-state index contributed by atoms with van der Waals surface area (Å²) in [5.41, 5.74) is 6.53. The Morgan fingerprint density at radius 2 is 2.37 bits per heavy atom. The van der Waals surface area contributed by atoms with Crippen molar-refractivity contribution in [1.29, 1.82) is 0 Å². The van der Waals surface area contributed by atoms with Crippen molar-refractivity contribution in [3.05, 3.63) is 10.9 Å². The van der Waals surface area contributed by atoms with Gasteiger partial charge >= 0.3 is 0 Å². The highest BCUT2D eigenvalue weighted by molar-refractivity contribution is 7.18. The number of hydrogen-bond acceptors (Lipinski definition) is 5. The fourth-order valence-corrected chi connectivity index (χ4v) is 3.46. The summed E-state index contributed by atoms with van der Waals surface area (Å²) in [6, 6.07) is 1.91. The first kappa shape index (κ1) is 14.1. The monoisotopic (exact) mass is 283 g/mol. The van der Waals surface area contributed by atoms with E-state index in [2.05, 4.69) is 4.90 Å². The number of ether oxygens (including phenoxy) is 1. The van der Waals surface area contributed by atoms with Gasteiger partial charge in [0.25, 0.3) is 5.91 Å². The highest BCUT2D eigenvalue weighted by Crippen LogP contribution is 2.35. The standard InChI is InChI=1S/C13H21N3O2S/c1-15(2)13(17)12-10(14)6-11(19-12)16-5-4-9(7-16)8-18-3/h6,9H,4-5,7-8,14H2,1-3H3. The van der Waals surface area contributed by atoms with Crippen LogP contribution in [0.5, 0.6) is 0 Å². The van der Waals surface area contributed by atoms with Crippen LogP contribution in [-0.4, -0.2) is 51.7 Å². The number of hydrogen-bond donors (Lipinski definition) is 1. The minimum Gasteiger partial charge on any atom is -0.397 e. The molecule has 1 fully saturated rings. The van der Waals surface area contributed by atoms with Crippen LogP contribution in [0, 0.1) is 5.92 Å². The summed E-state index contributed by atoms with van der Waals surface area (Å²) in [4.78, 5) is 16.5. The van der Waals surface area contributed by atoms with Crippen LogP contribution < -0.4 is 10.6 Å². The van der Waals surface area contributed by atoms with Gasteiger partial charge in [0.2, 0.25) is 0 Å². The van der Waals surface area contributed by atoms with Crippen molar-refractivity contribution in [1.82, 2.24) is 4.90 Å². The molecule has 1 saturated heterocycles. The summed E-state index contributed by atoms with van der Waals surface area (Å²) in [7, 11) is 5.22. The first-order chi connectivity index (χ1) is 9.02. The highest BCUT2D eigenvalue weighted by Gasteiger charge is 2.25. The summed E-state index contributed by atoms with van der Waals surface area (Å²) in [6.07, 6.45) is 1.13. The van der Waals surface area contributed by atoms with Gasteiger partial charge in [0.05, 0.1) is 17.3 Å². The first-order valence-corrected chi connectivity index (χ1v) is 7.19. The van der Waals surface area contributed by atoms with E-state index in [-0.39, 0.29) is 5.91 Å². The first-order valence-electron chi connectivity index (χ1n) is 6.37. The highest BCUT2D eigenvalue weighted by atomic mass is 32.1. The summed E-state index contributed by atoms with van der Waals surface area (Å²) >= 11 is 1.48. The van der Waals surface area contributed by atoms with Crippen LogP contribution in [0.1, 0.15) is 16.1 Å². The SMILES string of the molecule is COCC1CCN(c2cc(N)c(C(=O)N(C)C)s2)C1. The van der Waals surface area contributed by atoms with E-state index in [9.17, 15) is 4.79 Å². The molecule has 1 amide bonds. The number of amides is 1. The molecule has 2 N–H and O–H groups in total. The molecule has 1 aliphatic heterocycles. The number of nitrogens with zero attached hydrogens (tertiary/aromatic N) is 2. The lowest BCUT2D eigenvalue weighted by molar-refractivity contribution is 0.0833. The summed E-state index contributed by atoms with van der Waals surface area (Å²) in [5.74, 6) is 0.544. The number of nitrogen functional groups attached to an aromatic ring is 1. The Kier molecular flexibility index (Phi) is 4.31. The molecule has 106 valence electrons. The number of methoxy groups -OCH3 is 1. The number of carbonyl (C=O) groups is 1. The smallest absolute Gasteiger partial charge is 0.265 e. The van der Waals surface area contributed by atoms with Crippen molar-refractivity contribution in [3.63, 3.8) is 0 Å². The van der Waals surface area contributed by atoms with Gasteiger partial charge in [-0.15, -0.1) is 11.3 Å². The second-order valence-electron chi connectivity index (χ2n) is 5.12. The normalized spacial score (nSPS) is 18.9. The van der Waals surface area contributed by atoms with E-state index in [0.29, 0.717) is 16.5 Å². The number of carbonyl (C=O) groups excluding carboxylic acids is 1. The maximum atomic E-state index is 12.0. The molecule has 0 radical (unpaired) electrons. The third-order valence-corrected chi connectivity index (χ3v) is 4.55. The van der Waals surface area contributed by atoms with Crippen molar-refractivity contribution in [3.8, 4) is 0 Å². The van der Waals surface area contributed by atoms with Gasteiger partial charge in [-0.05, 0) is 12.5 Å². The molecule has 2 rings (SSSR count). The molecule has 0 spiro atoms. The number of rotatable bonds is 4. The molecule has 6 heteroatoms. The van der Waals surface area contributed by atoms with Crippen molar-refractivity contribution < 1.29 is 9.53 Å². The Labute approximate surface area is 117 Å². The second kappa shape index (κ2) is 5.79. The minimum atomic E-state index is -0.0265. The summed E-state index contributed by atoms with van der Waals surface area (Å²) < 4.78 is 5.20. The van der Waals surface area contributed by atoms with Crippen molar-refractivity contribution in [2.24, 2.45) is 5.92 Å². The van der Waals surface area contributed by atoms with E-state index >= 15 is 0 Å². The van der Waals surface area contributed by atoms with E-state index in [1.165, 1.54) is 11.3 Å². The lowest BCUT2D eigenvalue weighted by atomic mass is 10.1. The predicted octanol–water partition coefficient (Wildman–Crippen LogP) is 1.50. The molecule has 1 unspecified atom stereocenters. The van der Waals surface area contributed by atoms with E-state index in [4.69, 9.17) is 10.5 Å². The number of anilines is 2. The van der Waals surface area contributed by atoms with Crippen LogP contribution in [0.15, 0.2) is 6.07 Å². The molecule has 0 bridgehead atoms. The van der Waals surface area contributed by atoms with Gasteiger partial charge in [0, 0.05) is 40.2 Å². The van der Waals surface area contributed by atoms with Crippen LogP contribution >= 0.6 is 11.3 Å². The van der Waals surface area contributed by atoms with Crippen LogP contribution in [0.4, 0.5) is 10.7 Å². The molecule has 1 aromatic heterocycles. The van der Waals surface area contributed by atoms with E-state index in [0.717, 1.165) is 31.1 Å². The average Bonchev–Trinajstić information content (AvgIpc) is 2.95. The zero-order valence-corrected chi connectivity index (χ0v) is 12.5. The van der Waals surface area contributed by atoms with E-state index in [1.807, 2.05) is 6.07 Å². The predicted molar refractivity (Wildman–Crippen MR) is 78.9 cm³/mol. The fraction of sp³-hybridized carbons (Fsp3) is 0.615. The average molecular weight is 283 g/mol. The van der Waals surface area contributed by atoms with Crippen LogP contribution in [0.2, 0.25) is 0 Å². The van der Waals surface area contributed by atoms with Gasteiger partial charge in [0.15, 0.2) is 0 Å². The molecule has 2 heterocycles. The maximum absolute atomic E-state index is 12.0. The summed E-state index contributed by atoms with van der Waals surface area (Å²) in [5, 5.41) is 1.08. The molecular weight excluding hydrogens is 262 g/mol. The van der Waals surface area contributed by atoms with Gasteiger partial charge in [-0.3, -0.25) is 4.79 Å². The molecular formula is C13H21N3O2S. The molecule has 0 aromatic carbocycles. The number of thiophene rings is 1. The van der Waals surface area contributed by atoms with Gasteiger partial charge in [-0.25, -0.2) is 0 Å². The van der Waals surface area contributed by atoms with Crippen molar-refractivity contribution in [2.75, 3.05) is 51.5 Å². The Balaban J connectivity index is 2.11. The molecule has 1 aromatic rings. The molecule has 0 aliphatic carbocycles. The van der Waals surface area contributed by atoms with Gasteiger partial charge in [0.1, 0.15) is 4.88 Å². The van der Waals surface area contributed by atoms with Crippen molar-refractivity contribution in [2.45, 2.75) is 6.42 Å². The van der Waals surface area contributed by atoms with Gasteiger partial charge in [-0.1, -0.05) is 0 Å². The largest absolute Gasteiger partial charge is 0.397 e. The van der Waals surface area contributed by atoms with Gasteiger partial charge in [-0.2, -0.15) is 0 Å². The number of nitrogens with two attached hydrogens (primary N) is 1. The molecule has 1 atom stereocenters.